The van der Waals surface area contributed by atoms with E-state index in [1.807, 2.05) is 18.5 Å². The van der Waals surface area contributed by atoms with Gasteiger partial charge in [-0.1, -0.05) is 13.8 Å². The zero-order valence-corrected chi connectivity index (χ0v) is 11.4. The van der Waals surface area contributed by atoms with Crippen LogP contribution < -0.4 is 0 Å². The quantitative estimate of drug-likeness (QED) is 0.607. The number of hydrogen-bond acceptors (Lipinski definition) is 3. The van der Waals surface area contributed by atoms with Crippen molar-refractivity contribution >= 4 is 7.75 Å². The number of nitrogens with zero attached hydrogens (tertiary/aromatic N) is 1. The van der Waals surface area contributed by atoms with Crippen LogP contribution in [0.3, 0.4) is 0 Å². The zero-order chi connectivity index (χ0) is 11.9. The molecule has 0 rings (SSSR count). The topological polar surface area (TPSA) is 38.8 Å². The Kier molecular flexibility index (Phi) is 7.45. The Hall–Kier alpha value is 0.110. The molecule has 0 N–H and O–H groups in total. The summed E-state index contributed by atoms with van der Waals surface area (Å²) < 4.78 is 24.7. The smallest absolute Gasteiger partial charge is 0.300 e. The van der Waals surface area contributed by atoms with E-state index in [-0.39, 0.29) is 6.10 Å². The van der Waals surface area contributed by atoms with Crippen molar-refractivity contribution in [2.45, 2.75) is 46.6 Å². The summed E-state index contributed by atoms with van der Waals surface area (Å²) in [5.41, 5.74) is 0. The molecule has 0 aromatic heterocycles. The molecule has 1 unspecified atom stereocenters. The molecule has 0 aliphatic heterocycles. The van der Waals surface area contributed by atoms with Crippen LogP contribution >= 0.6 is 7.75 Å². The standard InChI is InChI=1S/C10H24NO3P/c1-6-8-11(9-7-2)15(12,13-5)14-10(3)4/h10H,6-9H2,1-5H3. The molecule has 0 fully saturated rings. The maximum Gasteiger partial charge on any atom is 0.408 e. The number of hydrogen-bond donors (Lipinski definition) is 0. The first kappa shape index (κ1) is 15.1. The summed E-state index contributed by atoms with van der Waals surface area (Å²) in [5.74, 6) is 0. The average molecular weight is 237 g/mol. The second-order valence-corrected chi connectivity index (χ2v) is 5.84. The van der Waals surface area contributed by atoms with Crippen LogP contribution in [0.25, 0.3) is 0 Å². The van der Waals surface area contributed by atoms with Gasteiger partial charge in [-0.2, -0.15) is 0 Å². The van der Waals surface area contributed by atoms with Crippen LogP contribution in [-0.4, -0.2) is 31.0 Å². The lowest BCUT2D eigenvalue weighted by atomic mass is 10.4. The summed E-state index contributed by atoms with van der Waals surface area (Å²) in [5, 5.41) is 0. The molecule has 0 bridgehead atoms. The van der Waals surface area contributed by atoms with Gasteiger partial charge >= 0.3 is 7.75 Å². The van der Waals surface area contributed by atoms with Gasteiger partial charge in [-0.05, 0) is 26.7 Å². The van der Waals surface area contributed by atoms with Crippen molar-refractivity contribution in [2.75, 3.05) is 20.2 Å². The van der Waals surface area contributed by atoms with E-state index >= 15 is 0 Å². The summed E-state index contributed by atoms with van der Waals surface area (Å²) in [6.45, 7) is 9.32. The van der Waals surface area contributed by atoms with Crippen molar-refractivity contribution in [1.29, 1.82) is 0 Å². The molecule has 0 saturated heterocycles. The first-order valence-corrected chi connectivity index (χ1v) is 7.09. The van der Waals surface area contributed by atoms with Crippen LogP contribution in [0.2, 0.25) is 0 Å². The van der Waals surface area contributed by atoms with Crippen molar-refractivity contribution in [3.63, 3.8) is 0 Å². The molecule has 15 heavy (non-hydrogen) atoms. The maximum atomic E-state index is 12.4. The van der Waals surface area contributed by atoms with E-state index in [0.717, 1.165) is 25.9 Å². The Morgan fingerprint density at radius 1 is 1.20 bits per heavy atom. The molecule has 0 aliphatic rings. The Balaban J connectivity index is 4.60. The fourth-order valence-electron chi connectivity index (χ4n) is 1.36. The first-order valence-electron chi connectivity index (χ1n) is 5.59. The van der Waals surface area contributed by atoms with Crippen LogP contribution in [0.15, 0.2) is 0 Å². The molecule has 92 valence electrons. The van der Waals surface area contributed by atoms with Gasteiger partial charge in [0.05, 0.1) is 6.10 Å². The summed E-state index contributed by atoms with van der Waals surface area (Å²) in [6, 6.07) is 0. The maximum absolute atomic E-state index is 12.4. The molecule has 0 aromatic carbocycles. The highest BCUT2D eigenvalue weighted by Crippen LogP contribution is 2.52. The molecular weight excluding hydrogens is 213 g/mol. The van der Waals surface area contributed by atoms with Gasteiger partial charge in [-0.15, -0.1) is 0 Å². The van der Waals surface area contributed by atoms with Gasteiger partial charge in [0.25, 0.3) is 0 Å². The van der Waals surface area contributed by atoms with E-state index in [1.54, 1.807) is 0 Å². The molecule has 0 saturated carbocycles. The third kappa shape index (κ3) is 5.12. The van der Waals surface area contributed by atoms with Gasteiger partial charge in [0.2, 0.25) is 0 Å². The third-order valence-electron chi connectivity index (χ3n) is 1.88. The first-order chi connectivity index (χ1) is 7.00. The Morgan fingerprint density at radius 3 is 1.93 bits per heavy atom. The molecule has 5 heteroatoms. The molecule has 4 nitrogen and oxygen atoms in total. The predicted molar refractivity (Wildman–Crippen MR) is 63.0 cm³/mol. The van der Waals surface area contributed by atoms with Gasteiger partial charge in [0, 0.05) is 20.2 Å². The van der Waals surface area contributed by atoms with Gasteiger partial charge in [-0.3, -0.25) is 9.05 Å². The van der Waals surface area contributed by atoms with Crippen molar-refractivity contribution in [3.05, 3.63) is 0 Å². The van der Waals surface area contributed by atoms with Crippen LogP contribution in [0, 0.1) is 0 Å². The minimum absolute atomic E-state index is 0.0907. The van der Waals surface area contributed by atoms with Crippen molar-refractivity contribution in [3.8, 4) is 0 Å². The summed E-state index contributed by atoms with van der Waals surface area (Å²) in [6.07, 6.45) is 1.79. The van der Waals surface area contributed by atoms with E-state index < -0.39 is 7.75 Å². The molecule has 0 radical (unpaired) electrons. The summed E-state index contributed by atoms with van der Waals surface area (Å²) in [4.78, 5) is 0. The molecule has 0 aromatic rings. The van der Waals surface area contributed by atoms with Crippen molar-refractivity contribution in [2.24, 2.45) is 0 Å². The highest BCUT2D eigenvalue weighted by Gasteiger charge is 2.32. The van der Waals surface area contributed by atoms with Crippen molar-refractivity contribution < 1.29 is 13.6 Å². The van der Waals surface area contributed by atoms with Crippen molar-refractivity contribution in [1.82, 2.24) is 4.67 Å². The van der Waals surface area contributed by atoms with E-state index in [9.17, 15) is 4.57 Å². The normalized spacial score (nSPS) is 15.9. The van der Waals surface area contributed by atoms with Gasteiger partial charge in [0.1, 0.15) is 0 Å². The lowest BCUT2D eigenvalue weighted by Gasteiger charge is -2.29. The Bertz CT molecular complexity index is 203. The third-order valence-corrected chi connectivity index (χ3v) is 4.13. The van der Waals surface area contributed by atoms with Crippen LogP contribution in [0.1, 0.15) is 40.5 Å². The lowest BCUT2D eigenvalue weighted by molar-refractivity contribution is 0.144. The van der Waals surface area contributed by atoms with E-state index in [4.69, 9.17) is 9.05 Å². The fourth-order valence-corrected chi connectivity index (χ4v) is 3.24. The Morgan fingerprint density at radius 2 is 1.67 bits per heavy atom. The predicted octanol–water partition coefficient (Wildman–Crippen LogP) is 3.29. The van der Waals surface area contributed by atoms with E-state index in [2.05, 4.69) is 13.8 Å². The minimum atomic E-state index is -3.07. The monoisotopic (exact) mass is 237 g/mol. The molecule has 0 heterocycles. The highest BCUT2D eigenvalue weighted by atomic mass is 31.2. The second-order valence-electron chi connectivity index (χ2n) is 3.76. The molecule has 0 spiro atoms. The molecular formula is C10H24NO3P. The number of rotatable bonds is 8. The molecule has 1 atom stereocenters. The average Bonchev–Trinajstić information content (AvgIpc) is 2.16. The van der Waals surface area contributed by atoms with Gasteiger partial charge in [0.15, 0.2) is 0 Å². The minimum Gasteiger partial charge on any atom is -0.300 e. The van der Waals surface area contributed by atoms with Gasteiger partial charge < -0.3 is 0 Å². The second kappa shape index (κ2) is 7.39. The summed E-state index contributed by atoms with van der Waals surface area (Å²) in [7, 11) is -1.62. The highest BCUT2D eigenvalue weighted by molar-refractivity contribution is 7.51. The Labute approximate surface area is 93.5 Å². The largest absolute Gasteiger partial charge is 0.408 e. The van der Waals surface area contributed by atoms with E-state index in [0.29, 0.717) is 0 Å². The molecule has 0 amide bonds. The lowest BCUT2D eigenvalue weighted by Crippen LogP contribution is -2.25. The summed E-state index contributed by atoms with van der Waals surface area (Å²) >= 11 is 0. The van der Waals surface area contributed by atoms with Crippen LogP contribution in [0.4, 0.5) is 0 Å². The zero-order valence-electron chi connectivity index (χ0n) is 10.5. The van der Waals surface area contributed by atoms with E-state index in [1.165, 1.54) is 7.11 Å². The van der Waals surface area contributed by atoms with Gasteiger partial charge in [-0.25, -0.2) is 9.24 Å². The molecule has 0 aliphatic carbocycles. The van der Waals surface area contributed by atoms with Crippen LogP contribution in [0.5, 0.6) is 0 Å². The fraction of sp³-hybridized carbons (Fsp3) is 1.00. The van der Waals surface area contributed by atoms with Crippen LogP contribution in [-0.2, 0) is 13.6 Å². The SMILES string of the molecule is CCCN(CCC)P(=O)(OC)OC(C)C.